The summed E-state index contributed by atoms with van der Waals surface area (Å²) < 4.78 is 0. The summed E-state index contributed by atoms with van der Waals surface area (Å²) >= 11 is 0. The van der Waals surface area contributed by atoms with Gasteiger partial charge in [-0.15, -0.1) is 0 Å². The van der Waals surface area contributed by atoms with Crippen LogP contribution in [0.2, 0.25) is 0 Å². The zero-order valence-corrected chi connectivity index (χ0v) is 13.1. The van der Waals surface area contributed by atoms with E-state index in [4.69, 9.17) is 0 Å². The summed E-state index contributed by atoms with van der Waals surface area (Å²) in [6, 6.07) is 10.9. The zero-order chi connectivity index (χ0) is 13.8. The van der Waals surface area contributed by atoms with E-state index in [2.05, 4.69) is 65.0 Å². The van der Waals surface area contributed by atoms with Crippen LogP contribution in [0.1, 0.15) is 65.9 Å². The number of hydrogen-bond donors (Lipinski definition) is 0. The van der Waals surface area contributed by atoms with Gasteiger partial charge in [-0.3, -0.25) is 0 Å². The first-order valence-electron chi connectivity index (χ1n) is 7.64. The van der Waals surface area contributed by atoms with Gasteiger partial charge in [0.1, 0.15) is 0 Å². The minimum Gasteiger partial charge on any atom is -0.0654 e. The van der Waals surface area contributed by atoms with Crippen LogP contribution >= 0.6 is 0 Å². The Kier molecular flexibility index (Phi) is 10.8. The predicted octanol–water partition coefficient (Wildman–Crippen LogP) is 6.11. The van der Waals surface area contributed by atoms with Gasteiger partial charge in [-0.25, -0.2) is 0 Å². The van der Waals surface area contributed by atoms with Crippen molar-refractivity contribution in [2.75, 3.05) is 0 Å². The second-order valence-corrected chi connectivity index (χ2v) is 5.87. The maximum Gasteiger partial charge on any atom is -0.0250 e. The summed E-state index contributed by atoms with van der Waals surface area (Å²) in [5.41, 5.74) is 1.50. The Morgan fingerprint density at radius 2 is 1.28 bits per heavy atom. The van der Waals surface area contributed by atoms with Gasteiger partial charge in [0.05, 0.1) is 0 Å². The summed E-state index contributed by atoms with van der Waals surface area (Å²) in [7, 11) is 0. The predicted molar refractivity (Wildman–Crippen MR) is 84.0 cm³/mol. The van der Waals surface area contributed by atoms with Crippen LogP contribution in [0.3, 0.4) is 0 Å². The molecule has 0 heterocycles. The van der Waals surface area contributed by atoms with Crippen molar-refractivity contribution >= 4 is 0 Å². The van der Waals surface area contributed by atoms with Crippen LogP contribution in [-0.2, 0) is 6.42 Å². The van der Waals surface area contributed by atoms with Crippen molar-refractivity contribution in [1.82, 2.24) is 0 Å². The van der Waals surface area contributed by atoms with Crippen molar-refractivity contribution in [3.8, 4) is 0 Å². The summed E-state index contributed by atoms with van der Waals surface area (Å²) in [6.45, 7) is 11.1. The van der Waals surface area contributed by atoms with Gasteiger partial charge >= 0.3 is 0 Å². The third-order valence-corrected chi connectivity index (χ3v) is 2.76. The van der Waals surface area contributed by atoms with Crippen molar-refractivity contribution in [1.29, 1.82) is 0 Å². The Bertz CT molecular complexity index is 252. The van der Waals surface area contributed by atoms with E-state index in [1.54, 1.807) is 0 Å². The topological polar surface area (TPSA) is 0 Å². The Morgan fingerprint density at radius 1 is 0.833 bits per heavy atom. The number of benzene rings is 1. The van der Waals surface area contributed by atoms with Crippen LogP contribution in [0.4, 0.5) is 0 Å². The highest BCUT2D eigenvalue weighted by molar-refractivity contribution is 5.15. The second-order valence-electron chi connectivity index (χ2n) is 5.87. The molecule has 0 radical (unpaired) electrons. The lowest BCUT2D eigenvalue weighted by Crippen LogP contribution is -2.03. The maximum absolute atomic E-state index is 2.29. The molecule has 1 aromatic carbocycles. The lowest BCUT2D eigenvalue weighted by molar-refractivity contribution is 0.438. The highest BCUT2D eigenvalue weighted by Gasteiger charge is 2.06. The van der Waals surface area contributed by atoms with Gasteiger partial charge in [-0.05, 0) is 23.8 Å². The average Bonchev–Trinajstić information content (AvgIpc) is 2.30. The fraction of sp³-hybridized carbons (Fsp3) is 0.667. The maximum atomic E-state index is 2.29. The molecule has 0 aromatic heterocycles. The molecule has 0 saturated heterocycles. The van der Waals surface area contributed by atoms with E-state index >= 15 is 0 Å². The second kappa shape index (κ2) is 11.3. The van der Waals surface area contributed by atoms with Crippen LogP contribution in [0.15, 0.2) is 30.3 Å². The molecule has 0 unspecified atom stereocenters. The molecule has 0 N–H and O–H groups in total. The molecular formula is C18H32. The van der Waals surface area contributed by atoms with Crippen molar-refractivity contribution in [3.63, 3.8) is 0 Å². The summed E-state index contributed by atoms with van der Waals surface area (Å²) in [5.74, 6) is 1.73. The molecule has 1 aromatic rings. The minimum atomic E-state index is 0.833. The van der Waals surface area contributed by atoms with Crippen molar-refractivity contribution < 1.29 is 0 Å². The standard InChI is InChI=1S/C14H22.C4H10/c1-3-8-13(9-4-2)12-14-10-6-5-7-11-14;1-4(2)3/h5-7,10-11,13H,3-4,8-9,12H2,1-2H3;4H,1-3H3. The molecule has 0 spiro atoms. The Labute approximate surface area is 115 Å². The number of rotatable bonds is 6. The fourth-order valence-electron chi connectivity index (χ4n) is 2.11. The van der Waals surface area contributed by atoms with Gasteiger partial charge in [0.25, 0.3) is 0 Å². The molecule has 1 rings (SSSR count). The first-order valence-corrected chi connectivity index (χ1v) is 7.64. The van der Waals surface area contributed by atoms with Crippen LogP contribution in [0.25, 0.3) is 0 Å². The normalized spacial score (nSPS) is 10.4. The van der Waals surface area contributed by atoms with Crippen molar-refractivity contribution in [2.24, 2.45) is 11.8 Å². The molecule has 18 heavy (non-hydrogen) atoms. The van der Waals surface area contributed by atoms with E-state index in [0.717, 1.165) is 11.8 Å². The molecule has 104 valence electrons. The van der Waals surface area contributed by atoms with Crippen molar-refractivity contribution in [2.45, 2.75) is 66.7 Å². The third kappa shape index (κ3) is 10.4. The third-order valence-electron chi connectivity index (χ3n) is 2.76. The Hall–Kier alpha value is -0.780. The van der Waals surface area contributed by atoms with E-state index in [9.17, 15) is 0 Å². The highest BCUT2D eigenvalue weighted by Crippen LogP contribution is 2.18. The molecular weight excluding hydrogens is 216 g/mol. The molecule has 0 bridgehead atoms. The molecule has 0 aliphatic rings. The average molecular weight is 248 g/mol. The molecule has 0 aliphatic heterocycles. The molecule has 0 amide bonds. The molecule has 0 nitrogen and oxygen atoms in total. The van der Waals surface area contributed by atoms with Crippen LogP contribution in [0, 0.1) is 11.8 Å². The fourth-order valence-corrected chi connectivity index (χ4v) is 2.11. The van der Waals surface area contributed by atoms with E-state index in [-0.39, 0.29) is 0 Å². The lowest BCUT2D eigenvalue weighted by atomic mass is 9.91. The molecule has 0 atom stereocenters. The van der Waals surface area contributed by atoms with Crippen LogP contribution in [-0.4, -0.2) is 0 Å². The number of hydrogen-bond acceptors (Lipinski definition) is 0. The van der Waals surface area contributed by atoms with E-state index in [1.165, 1.54) is 37.7 Å². The summed E-state index contributed by atoms with van der Waals surface area (Å²) in [5, 5.41) is 0. The zero-order valence-electron chi connectivity index (χ0n) is 13.1. The van der Waals surface area contributed by atoms with Gasteiger partial charge in [-0.1, -0.05) is 90.6 Å². The largest absolute Gasteiger partial charge is 0.0654 e. The van der Waals surface area contributed by atoms with E-state index in [0.29, 0.717) is 0 Å². The monoisotopic (exact) mass is 248 g/mol. The molecule has 0 fully saturated rings. The quantitative estimate of drug-likeness (QED) is 0.570. The SMILES string of the molecule is CC(C)C.CCCC(CCC)Cc1ccccc1. The van der Waals surface area contributed by atoms with Crippen LogP contribution < -0.4 is 0 Å². The van der Waals surface area contributed by atoms with Gasteiger partial charge in [0, 0.05) is 0 Å². The van der Waals surface area contributed by atoms with Crippen LogP contribution in [0.5, 0.6) is 0 Å². The Balaban J connectivity index is 0.000000631. The molecule has 0 aliphatic carbocycles. The first-order chi connectivity index (χ1) is 8.60. The van der Waals surface area contributed by atoms with Gasteiger partial charge < -0.3 is 0 Å². The van der Waals surface area contributed by atoms with Crippen molar-refractivity contribution in [3.05, 3.63) is 35.9 Å². The smallest absolute Gasteiger partial charge is 0.0250 e. The van der Waals surface area contributed by atoms with E-state index < -0.39 is 0 Å². The lowest BCUT2D eigenvalue weighted by Gasteiger charge is -2.14. The van der Waals surface area contributed by atoms with Gasteiger partial charge in [0.2, 0.25) is 0 Å². The highest BCUT2D eigenvalue weighted by atomic mass is 14.1. The van der Waals surface area contributed by atoms with Gasteiger partial charge in [0.15, 0.2) is 0 Å². The molecule has 0 saturated carbocycles. The first kappa shape index (κ1) is 17.2. The summed E-state index contributed by atoms with van der Waals surface area (Å²) in [4.78, 5) is 0. The van der Waals surface area contributed by atoms with Gasteiger partial charge in [-0.2, -0.15) is 0 Å². The summed E-state index contributed by atoms with van der Waals surface area (Å²) in [6.07, 6.45) is 6.66. The van der Waals surface area contributed by atoms with E-state index in [1.807, 2.05) is 0 Å². The Morgan fingerprint density at radius 3 is 1.67 bits per heavy atom. The minimum absolute atomic E-state index is 0.833. The molecule has 0 heteroatoms.